The summed E-state index contributed by atoms with van der Waals surface area (Å²) in [6.07, 6.45) is 6.49. The highest BCUT2D eigenvalue weighted by Crippen LogP contribution is 2.30. The van der Waals surface area contributed by atoms with Gasteiger partial charge >= 0.3 is 5.69 Å². The monoisotopic (exact) mass is 303 g/mol. The minimum absolute atomic E-state index is 0.0315. The van der Waals surface area contributed by atoms with E-state index in [0.717, 1.165) is 41.3 Å². The van der Waals surface area contributed by atoms with Crippen molar-refractivity contribution in [3.8, 4) is 0 Å². The number of fused-ring (bicyclic) bond motifs is 1. The van der Waals surface area contributed by atoms with Gasteiger partial charge in [-0.3, -0.25) is 9.55 Å². The number of pyridine rings is 1. The Labute approximate surface area is 127 Å². The number of hydrogen-bond donors (Lipinski definition) is 1. The third-order valence-corrected chi connectivity index (χ3v) is 4.71. The molecule has 2 heterocycles. The van der Waals surface area contributed by atoms with E-state index in [1.807, 2.05) is 18.3 Å². The van der Waals surface area contributed by atoms with E-state index in [-0.39, 0.29) is 12.3 Å². The third-order valence-electron chi connectivity index (χ3n) is 3.62. The van der Waals surface area contributed by atoms with Crippen molar-refractivity contribution >= 4 is 11.8 Å². The molecule has 0 aromatic carbocycles. The molecule has 0 aliphatic heterocycles. The lowest BCUT2D eigenvalue weighted by Gasteiger charge is -2.13. The van der Waals surface area contributed by atoms with E-state index in [0.29, 0.717) is 6.54 Å². The maximum Gasteiger partial charge on any atom is 0.348 e. The van der Waals surface area contributed by atoms with E-state index >= 15 is 0 Å². The molecule has 110 valence electrons. The molecule has 21 heavy (non-hydrogen) atoms. The van der Waals surface area contributed by atoms with Gasteiger partial charge in [0.1, 0.15) is 5.03 Å². The summed E-state index contributed by atoms with van der Waals surface area (Å²) in [5.41, 5.74) is 3.10. The van der Waals surface area contributed by atoms with Crippen molar-refractivity contribution in [2.75, 3.05) is 6.61 Å². The normalized spacial score (nSPS) is 13.4. The summed E-state index contributed by atoms with van der Waals surface area (Å²) < 4.78 is 1.62. The molecule has 0 spiro atoms. The van der Waals surface area contributed by atoms with Crippen LogP contribution in [-0.4, -0.2) is 26.2 Å². The Morgan fingerprint density at radius 3 is 3.05 bits per heavy atom. The second-order valence-corrected chi connectivity index (χ2v) is 5.97. The lowest BCUT2D eigenvalue weighted by atomic mass is 10.2. The number of nitrogens with zero attached hydrogens (tertiary/aromatic N) is 3. The summed E-state index contributed by atoms with van der Waals surface area (Å²) in [6, 6.07) is 3.93. The summed E-state index contributed by atoms with van der Waals surface area (Å²) in [4.78, 5) is 20.4. The largest absolute Gasteiger partial charge is 0.395 e. The van der Waals surface area contributed by atoms with Crippen LogP contribution in [0, 0.1) is 0 Å². The zero-order valence-electron chi connectivity index (χ0n) is 11.7. The van der Waals surface area contributed by atoms with Crippen LogP contribution in [0.25, 0.3) is 0 Å². The first-order valence-corrected chi connectivity index (χ1v) is 8.03. The number of aliphatic hydroxyl groups excluding tert-OH is 1. The molecule has 0 bridgehead atoms. The molecule has 0 saturated heterocycles. The highest BCUT2D eigenvalue weighted by atomic mass is 32.2. The van der Waals surface area contributed by atoms with Crippen molar-refractivity contribution in [2.45, 2.75) is 36.6 Å². The summed E-state index contributed by atoms with van der Waals surface area (Å²) in [5, 5.41) is 9.94. The smallest absolute Gasteiger partial charge is 0.348 e. The highest BCUT2D eigenvalue weighted by molar-refractivity contribution is 7.98. The summed E-state index contributed by atoms with van der Waals surface area (Å²) in [7, 11) is 0. The Bertz CT molecular complexity index is 685. The van der Waals surface area contributed by atoms with Crippen LogP contribution >= 0.6 is 11.8 Å². The molecule has 6 heteroatoms. The number of hydrogen-bond acceptors (Lipinski definition) is 5. The molecular weight excluding hydrogens is 286 g/mol. The minimum atomic E-state index is -0.251. The van der Waals surface area contributed by atoms with E-state index < -0.39 is 0 Å². The summed E-state index contributed by atoms with van der Waals surface area (Å²) >= 11 is 1.59. The average Bonchev–Trinajstić information content (AvgIpc) is 2.99. The molecule has 5 nitrogen and oxygen atoms in total. The van der Waals surface area contributed by atoms with Crippen LogP contribution in [-0.2, 0) is 25.1 Å². The van der Waals surface area contributed by atoms with Gasteiger partial charge in [0, 0.05) is 29.4 Å². The van der Waals surface area contributed by atoms with Gasteiger partial charge in [0.25, 0.3) is 0 Å². The lowest BCUT2D eigenvalue weighted by Crippen LogP contribution is -2.28. The van der Waals surface area contributed by atoms with Crippen LogP contribution in [0.3, 0.4) is 0 Å². The Morgan fingerprint density at radius 2 is 2.29 bits per heavy atom. The molecule has 0 saturated carbocycles. The number of aliphatic hydroxyl groups is 1. The second-order valence-electron chi connectivity index (χ2n) is 5.00. The fourth-order valence-corrected chi connectivity index (χ4v) is 3.68. The molecule has 0 fully saturated rings. The minimum Gasteiger partial charge on any atom is -0.395 e. The van der Waals surface area contributed by atoms with Gasteiger partial charge in [-0.05, 0) is 30.9 Å². The molecule has 3 rings (SSSR count). The van der Waals surface area contributed by atoms with Crippen molar-refractivity contribution in [1.29, 1.82) is 0 Å². The average molecular weight is 303 g/mol. The Morgan fingerprint density at radius 1 is 1.38 bits per heavy atom. The fraction of sp³-hybridized carbons (Fsp3) is 0.400. The van der Waals surface area contributed by atoms with Gasteiger partial charge in [-0.2, -0.15) is 4.98 Å². The maximum absolute atomic E-state index is 12.1. The first-order valence-electron chi connectivity index (χ1n) is 7.04. The first kappa shape index (κ1) is 14.3. The Balaban J connectivity index is 1.88. The molecule has 2 aromatic heterocycles. The van der Waals surface area contributed by atoms with Crippen molar-refractivity contribution in [3.05, 3.63) is 51.8 Å². The third kappa shape index (κ3) is 3.01. The molecule has 2 aromatic rings. The molecule has 1 N–H and O–H groups in total. The van der Waals surface area contributed by atoms with Gasteiger partial charge in [0.05, 0.1) is 13.2 Å². The van der Waals surface area contributed by atoms with E-state index in [4.69, 9.17) is 5.11 Å². The predicted octanol–water partition coefficient (Wildman–Crippen LogP) is 1.41. The Hall–Kier alpha value is -1.66. The van der Waals surface area contributed by atoms with Crippen LogP contribution in [0.5, 0.6) is 0 Å². The van der Waals surface area contributed by atoms with Gasteiger partial charge in [-0.1, -0.05) is 6.07 Å². The summed E-state index contributed by atoms with van der Waals surface area (Å²) in [6.45, 7) is 0.303. The van der Waals surface area contributed by atoms with Gasteiger partial charge in [0.15, 0.2) is 0 Å². The summed E-state index contributed by atoms with van der Waals surface area (Å²) in [5.74, 6) is 0.761. The maximum atomic E-state index is 12.1. The topological polar surface area (TPSA) is 68.0 Å². The van der Waals surface area contributed by atoms with E-state index in [2.05, 4.69) is 9.97 Å². The molecule has 0 radical (unpaired) electrons. The van der Waals surface area contributed by atoms with Crippen molar-refractivity contribution in [1.82, 2.24) is 14.5 Å². The number of thioether (sulfide) groups is 1. The Kier molecular flexibility index (Phi) is 4.36. The predicted molar refractivity (Wildman–Crippen MR) is 81.4 cm³/mol. The quantitative estimate of drug-likeness (QED) is 0.668. The highest BCUT2D eigenvalue weighted by Gasteiger charge is 2.21. The lowest BCUT2D eigenvalue weighted by molar-refractivity contribution is 0.271. The van der Waals surface area contributed by atoms with Crippen LogP contribution in [0.2, 0.25) is 0 Å². The fourth-order valence-electron chi connectivity index (χ4n) is 2.67. The van der Waals surface area contributed by atoms with Gasteiger partial charge in [0.2, 0.25) is 0 Å². The number of aromatic nitrogens is 3. The van der Waals surface area contributed by atoms with E-state index in [1.165, 1.54) is 5.56 Å². The zero-order chi connectivity index (χ0) is 14.7. The molecule has 1 aliphatic carbocycles. The standard InChI is InChI=1S/C15H17N3O2S/c19-8-7-18-13-5-1-4-12(13)14(17-15(18)20)21-10-11-3-2-6-16-9-11/h2-3,6,9,19H,1,4-5,7-8,10H2. The van der Waals surface area contributed by atoms with Gasteiger partial charge in [-0.25, -0.2) is 4.79 Å². The molecule has 0 unspecified atom stereocenters. The van der Waals surface area contributed by atoms with Crippen LogP contribution in [0.15, 0.2) is 34.3 Å². The van der Waals surface area contributed by atoms with E-state index in [1.54, 1.807) is 22.5 Å². The molecular formula is C15H17N3O2S. The zero-order valence-corrected chi connectivity index (χ0v) is 12.5. The molecule has 0 amide bonds. The van der Waals surface area contributed by atoms with Crippen LogP contribution < -0.4 is 5.69 Å². The molecule has 0 atom stereocenters. The van der Waals surface area contributed by atoms with E-state index in [9.17, 15) is 4.79 Å². The SMILES string of the molecule is O=c1nc(SCc2cccnc2)c2c(n1CCO)CCC2. The van der Waals surface area contributed by atoms with Crippen LogP contribution in [0.4, 0.5) is 0 Å². The van der Waals surface area contributed by atoms with Gasteiger partial charge < -0.3 is 5.11 Å². The molecule has 1 aliphatic rings. The van der Waals surface area contributed by atoms with Crippen LogP contribution in [0.1, 0.15) is 23.2 Å². The van der Waals surface area contributed by atoms with Crippen molar-refractivity contribution in [3.63, 3.8) is 0 Å². The first-order chi connectivity index (χ1) is 10.3. The van der Waals surface area contributed by atoms with Crippen molar-refractivity contribution < 1.29 is 5.11 Å². The second kappa shape index (κ2) is 6.41. The van der Waals surface area contributed by atoms with Gasteiger partial charge in [-0.15, -0.1) is 11.8 Å². The van der Waals surface area contributed by atoms with Crippen molar-refractivity contribution in [2.24, 2.45) is 0 Å². The number of rotatable bonds is 5.